The van der Waals surface area contributed by atoms with Crippen molar-refractivity contribution in [3.63, 3.8) is 0 Å². The van der Waals surface area contributed by atoms with Crippen LogP contribution >= 0.6 is 0 Å². The Morgan fingerprint density at radius 2 is 2.31 bits per heavy atom. The SMILES string of the molecule is Nc1nc(OCCC2CC2)c2cn[nH]c2n1. The highest BCUT2D eigenvalue weighted by Gasteiger charge is 2.21. The Balaban J connectivity index is 1.80. The van der Waals surface area contributed by atoms with Crippen molar-refractivity contribution in [1.82, 2.24) is 20.2 Å². The lowest BCUT2D eigenvalue weighted by molar-refractivity contribution is 0.295. The van der Waals surface area contributed by atoms with Crippen LogP contribution in [0.5, 0.6) is 5.88 Å². The molecule has 2 heterocycles. The summed E-state index contributed by atoms with van der Waals surface area (Å²) in [6, 6.07) is 0. The molecule has 0 spiro atoms. The van der Waals surface area contributed by atoms with Gasteiger partial charge in [-0.2, -0.15) is 15.1 Å². The van der Waals surface area contributed by atoms with Gasteiger partial charge in [0.25, 0.3) is 0 Å². The van der Waals surface area contributed by atoms with E-state index in [1.807, 2.05) is 0 Å². The number of H-pyrrole nitrogens is 1. The molecule has 0 saturated heterocycles. The molecule has 3 rings (SSSR count). The van der Waals surface area contributed by atoms with Crippen LogP contribution < -0.4 is 10.5 Å². The first-order valence-corrected chi connectivity index (χ1v) is 5.42. The number of fused-ring (bicyclic) bond motifs is 1. The van der Waals surface area contributed by atoms with E-state index in [4.69, 9.17) is 10.5 Å². The molecule has 2 aromatic heterocycles. The van der Waals surface area contributed by atoms with E-state index in [2.05, 4.69) is 20.2 Å². The van der Waals surface area contributed by atoms with Gasteiger partial charge in [-0.15, -0.1) is 0 Å². The van der Waals surface area contributed by atoms with Gasteiger partial charge in [-0.3, -0.25) is 5.10 Å². The largest absolute Gasteiger partial charge is 0.477 e. The zero-order chi connectivity index (χ0) is 11.0. The predicted octanol–water partition coefficient (Wildman–Crippen LogP) is 1.11. The molecule has 1 aliphatic rings. The Morgan fingerprint density at radius 1 is 1.44 bits per heavy atom. The van der Waals surface area contributed by atoms with Gasteiger partial charge in [0, 0.05) is 0 Å². The minimum atomic E-state index is 0.207. The Labute approximate surface area is 92.2 Å². The lowest BCUT2D eigenvalue weighted by Gasteiger charge is -2.05. The molecule has 2 aromatic rings. The Hall–Kier alpha value is -1.85. The quantitative estimate of drug-likeness (QED) is 0.804. The van der Waals surface area contributed by atoms with E-state index in [-0.39, 0.29) is 5.95 Å². The number of hydrogen-bond donors (Lipinski definition) is 2. The number of nitrogen functional groups attached to an aromatic ring is 1. The number of nitrogens with one attached hydrogen (secondary N) is 1. The van der Waals surface area contributed by atoms with E-state index < -0.39 is 0 Å². The van der Waals surface area contributed by atoms with Gasteiger partial charge in [-0.25, -0.2) is 0 Å². The second-order valence-electron chi connectivity index (χ2n) is 4.10. The van der Waals surface area contributed by atoms with Gasteiger partial charge in [-0.05, 0) is 12.3 Å². The van der Waals surface area contributed by atoms with Gasteiger partial charge in [0.1, 0.15) is 5.39 Å². The van der Waals surface area contributed by atoms with Crippen molar-refractivity contribution in [2.45, 2.75) is 19.3 Å². The molecular weight excluding hydrogens is 206 g/mol. The van der Waals surface area contributed by atoms with E-state index in [0.717, 1.165) is 17.7 Å². The smallest absolute Gasteiger partial charge is 0.229 e. The summed E-state index contributed by atoms with van der Waals surface area (Å²) in [6.07, 6.45) is 5.40. The number of ether oxygens (including phenoxy) is 1. The molecule has 0 bridgehead atoms. The molecule has 0 aliphatic heterocycles. The first kappa shape index (κ1) is 9.38. The third kappa shape index (κ3) is 1.78. The van der Waals surface area contributed by atoms with Gasteiger partial charge < -0.3 is 10.5 Å². The van der Waals surface area contributed by atoms with Gasteiger partial charge in [-0.1, -0.05) is 12.8 Å². The normalized spacial score (nSPS) is 15.5. The summed E-state index contributed by atoms with van der Waals surface area (Å²) in [6.45, 7) is 0.682. The number of aromatic nitrogens is 4. The Kier molecular flexibility index (Phi) is 2.12. The van der Waals surface area contributed by atoms with Gasteiger partial charge >= 0.3 is 0 Å². The molecule has 6 heteroatoms. The standard InChI is InChI=1S/C10H13N5O/c11-10-13-8-7(5-12-15-8)9(14-10)16-4-3-6-1-2-6/h5-6H,1-4H2,(H3,11,12,13,14,15). The van der Waals surface area contributed by atoms with E-state index in [1.165, 1.54) is 12.8 Å². The minimum absolute atomic E-state index is 0.207. The second-order valence-corrected chi connectivity index (χ2v) is 4.10. The fourth-order valence-electron chi connectivity index (χ4n) is 1.66. The van der Waals surface area contributed by atoms with Crippen LogP contribution in [0.2, 0.25) is 0 Å². The number of nitrogens with two attached hydrogens (primary N) is 1. The summed E-state index contributed by atoms with van der Waals surface area (Å²) in [4.78, 5) is 8.10. The monoisotopic (exact) mass is 219 g/mol. The molecule has 1 saturated carbocycles. The summed E-state index contributed by atoms with van der Waals surface area (Å²) in [7, 11) is 0. The first-order chi connectivity index (χ1) is 7.83. The zero-order valence-corrected chi connectivity index (χ0v) is 8.81. The number of aromatic amines is 1. The molecule has 16 heavy (non-hydrogen) atoms. The highest BCUT2D eigenvalue weighted by atomic mass is 16.5. The second kappa shape index (κ2) is 3.62. The number of anilines is 1. The van der Waals surface area contributed by atoms with E-state index in [0.29, 0.717) is 18.1 Å². The fraction of sp³-hybridized carbons (Fsp3) is 0.500. The Bertz CT molecular complexity index is 505. The summed E-state index contributed by atoms with van der Waals surface area (Å²) in [5, 5.41) is 7.43. The van der Waals surface area contributed by atoms with Crippen molar-refractivity contribution < 1.29 is 4.74 Å². The number of nitrogens with zero attached hydrogens (tertiary/aromatic N) is 3. The van der Waals surface area contributed by atoms with Gasteiger partial charge in [0.05, 0.1) is 12.8 Å². The lowest BCUT2D eigenvalue weighted by Crippen LogP contribution is -2.03. The predicted molar refractivity (Wildman–Crippen MR) is 58.9 cm³/mol. The molecule has 0 aromatic carbocycles. The average molecular weight is 219 g/mol. The van der Waals surface area contributed by atoms with Crippen molar-refractivity contribution in [1.29, 1.82) is 0 Å². The van der Waals surface area contributed by atoms with Gasteiger partial charge in [0.15, 0.2) is 5.65 Å². The number of rotatable bonds is 4. The maximum absolute atomic E-state index is 5.62. The molecule has 0 unspecified atom stereocenters. The van der Waals surface area contributed by atoms with Crippen molar-refractivity contribution in [2.24, 2.45) is 5.92 Å². The van der Waals surface area contributed by atoms with Crippen molar-refractivity contribution in [3.8, 4) is 5.88 Å². The lowest BCUT2D eigenvalue weighted by atomic mass is 10.3. The van der Waals surface area contributed by atoms with Crippen LogP contribution in [-0.4, -0.2) is 26.8 Å². The van der Waals surface area contributed by atoms with Crippen molar-refractivity contribution in [2.75, 3.05) is 12.3 Å². The van der Waals surface area contributed by atoms with Crippen LogP contribution in [0.3, 0.4) is 0 Å². The molecular formula is C10H13N5O. The fourth-order valence-corrected chi connectivity index (χ4v) is 1.66. The average Bonchev–Trinajstić information content (AvgIpc) is 2.95. The molecule has 0 atom stereocenters. The highest BCUT2D eigenvalue weighted by Crippen LogP contribution is 2.32. The van der Waals surface area contributed by atoms with Crippen LogP contribution in [-0.2, 0) is 0 Å². The summed E-state index contributed by atoms with van der Waals surface area (Å²) >= 11 is 0. The summed E-state index contributed by atoms with van der Waals surface area (Å²) < 4.78 is 5.62. The highest BCUT2D eigenvalue weighted by molar-refractivity contribution is 5.80. The maximum atomic E-state index is 5.62. The van der Waals surface area contributed by atoms with Crippen LogP contribution in [0.4, 0.5) is 5.95 Å². The molecule has 1 fully saturated rings. The Morgan fingerprint density at radius 3 is 3.12 bits per heavy atom. The van der Waals surface area contributed by atoms with E-state index >= 15 is 0 Å². The van der Waals surface area contributed by atoms with Crippen molar-refractivity contribution in [3.05, 3.63) is 6.20 Å². The third-order valence-electron chi connectivity index (χ3n) is 2.75. The summed E-state index contributed by atoms with van der Waals surface area (Å²) in [5.41, 5.74) is 6.20. The zero-order valence-electron chi connectivity index (χ0n) is 8.81. The third-order valence-corrected chi connectivity index (χ3v) is 2.75. The van der Waals surface area contributed by atoms with E-state index in [1.54, 1.807) is 6.20 Å². The molecule has 84 valence electrons. The van der Waals surface area contributed by atoms with Gasteiger partial charge in [0.2, 0.25) is 11.8 Å². The van der Waals surface area contributed by atoms with Crippen LogP contribution in [0.15, 0.2) is 6.20 Å². The molecule has 0 radical (unpaired) electrons. The van der Waals surface area contributed by atoms with E-state index in [9.17, 15) is 0 Å². The first-order valence-electron chi connectivity index (χ1n) is 5.42. The topological polar surface area (TPSA) is 89.7 Å². The molecule has 0 amide bonds. The summed E-state index contributed by atoms with van der Waals surface area (Å²) in [5.74, 6) is 1.58. The molecule has 1 aliphatic carbocycles. The molecule has 3 N–H and O–H groups in total. The van der Waals surface area contributed by atoms with Crippen LogP contribution in [0.25, 0.3) is 11.0 Å². The minimum Gasteiger partial charge on any atom is -0.477 e. The van der Waals surface area contributed by atoms with Crippen molar-refractivity contribution >= 4 is 17.0 Å². The number of hydrogen-bond acceptors (Lipinski definition) is 5. The van der Waals surface area contributed by atoms with Crippen LogP contribution in [0, 0.1) is 5.92 Å². The molecule has 6 nitrogen and oxygen atoms in total. The van der Waals surface area contributed by atoms with Crippen LogP contribution in [0.1, 0.15) is 19.3 Å². The maximum Gasteiger partial charge on any atom is 0.229 e.